The predicted octanol–water partition coefficient (Wildman–Crippen LogP) is 8.24. The fourth-order valence-electron chi connectivity index (χ4n) is 4.25. The molecule has 0 aliphatic heterocycles. The average Bonchev–Trinajstić information content (AvgIpc) is 3.61. The van der Waals surface area contributed by atoms with E-state index in [4.69, 9.17) is 32.7 Å². The number of anilines is 1. The molecule has 0 aromatic heterocycles. The Morgan fingerprint density at radius 3 is 2.13 bits per heavy atom. The molecule has 0 saturated heterocycles. The van der Waals surface area contributed by atoms with E-state index < -0.39 is 47.0 Å². The fraction of sp³-hybridized carbons (Fsp3) is 0.429. The Morgan fingerprint density at radius 1 is 1.05 bits per heavy atom. The van der Waals surface area contributed by atoms with Crippen LogP contribution in [0.5, 0.6) is 0 Å². The second-order valence-corrected chi connectivity index (χ2v) is 11.3. The van der Waals surface area contributed by atoms with Crippen LogP contribution in [-0.2, 0) is 19.1 Å². The number of nitrogens with one attached hydrogen (secondary N) is 1. The second-order valence-electron chi connectivity index (χ2n) is 10.4. The monoisotopic (exact) mass is 571 g/mol. The summed E-state index contributed by atoms with van der Waals surface area (Å²) in [7, 11) is 0. The quantitative estimate of drug-likeness (QED) is 0.243. The molecule has 2 aromatic carbocycles. The van der Waals surface area contributed by atoms with Crippen LogP contribution >= 0.6 is 23.2 Å². The zero-order chi connectivity index (χ0) is 28.5. The number of esters is 1. The molecule has 3 atom stereocenters. The Labute approximate surface area is 230 Å². The SMILES string of the molecule is C=COC(c1ccc(Cl)c(NC(=O)[C@H](c2ccc(Cl)cc2)[C@@H](C)C(F)(F)F)c1)C1(C(=O)OC(C)(C)C)CC1. The van der Waals surface area contributed by atoms with E-state index in [0.29, 0.717) is 23.4 Å². The van der Waals surface area contributed by atoms with Crippen LogP contribution in [0.3, 0.4) is 0 Å². The van der Waals surface area contributed by atoms with Crippen LogP contribution in [0.15, 0.2) is 55.3 Å². The van der Waals surface area contributed by atoms with Crippen LogP contribution in [0.1, 0.15) is 63.7 Å². The smallest absolute Gasteiger partial charge is 0.392 e. The summed E-state index contributed by atoms with van der Waals surface area (Å²) in [5.41, 5.74) is -0.956. The third kappa shape index (κ3) is 6.83. The van der Waals surface area contributed by atoms with Gasteiger partial charge in [0.2, 0.25) is 5.91 Å². The van der Waals surface area contributed by atoms with Gasteiger partial charge < -0.3 is 14.8 Å². The summed E-state index contributed by atoms with van der Waals surface area (Å²) in [4.78, 5) is 26.3. The highest BCUT2D eigenvalue weighted by Gasteiger charge is 2.59. The molecule has 206 valence electrons. The van der Waals surface area contributed by atoms with Gasteiger partial charge in [-0.05, 0) is 69.0 Å². The summed E-state index contributed by atoms with van der Waals surface area (Å²) in [6.07, 6.45) is -3.21. The first kappa shape index (κ1) is 29.8. The number of hydrogen-bond donors (Lipinski definition) is 1. The van der Waals surface area contributed by atoms with Gasteiger partial charge in [-0.1, -0.05) is 54.9 Å². The Kier molecular flexibility index (Phi) is 8.78. The van der Waals surface area contributed by atoms with E-state index in [2.05, 4.69) is 11.9 Å². The molecule has 0 radical (unpaired) electrons. The van der Waals surface area contributed by atoms with Gasteiger partial charge in [-0.2, -0.15) is 13.2 Å². The molecule has 1 aliphatic rings. The van der Waals surface area contributed by atoms with Crippen molar-refractivity contribution in [2.24, 2.45) is 11.3 Å². The van der Waals surface area contributed by atoms with Gasteiger partial charge in [0.05, 0.1) is 28.8 Å². The summed E-state index contributed by atoms with van der Waals surface area (Å²) in [5.74, 6) is -4.89. The van der Waals surface area contributed by atoms with Crippen LogP contribution < -0.4 is 5.32 Å². The largest absolute Gasteiger partial charge is 0.493 e. The minimum absolute atomic E-state index is 0.0835. The van der Waals surface area contributed by atoms with Gasteiger partial charge in [0, 0.05) is 5.02 Å². The molecular weight excluding hydrogens is 542 g/mol. The molecule has 1 fully saturated rings. The van der Waals surface area contributed by atoms with Gasteiger partial charge >= 0.3 is 12.1 Å². The third-order valence-electron chi connectivity index (χ3n) is 6.41. The zero-order valence-corrected chi connectivity index (χ0v) is 23.0. The van der Waals surface area contributed by atoms with E-state index in [-0.39, 0.29) is 16.3 Å². The number of carbonyl (C=O) groups is 2. The van der Waals surface area contributed by atoms with E-state index in [1.54, 1.807) is 26.8 Å². The molecule has 5 nitrogen and oxygen atoms in total. The van der Waals surface area contributed by atoms with Crippen molar-refractivity contribution in [3.8, 4) is 0 Å². The van der Waals surface area contributed by atoms with Crippen molar-refractivity contribution in [2.75, 3.05) is 5.32 Å². The molecule has 1 saturated carbocycles. The van der Waals surface area contributed by atoms with Crippen LogP contribution in [0.2, 0.25) is 10.0 Å². The number of benzene rings is 2. The van der Waals surface area contributed by atoms with E-state index in [1.807, 2.05) is 0 Å². The minimum Gasteiger partial charge on any atom is -0.493 e. The lowest BCUT2D eigenvalue weighted by atomic mass is 9.85. The second kappa shape index (κ2) is 11.2. The lowest BCUT2D eigenvalue weighted by Gasteiger charge is -2.29. The van der Waals surface area contributed by atoms with Gasteiger partial charge in [-0.15, -0.1) is 0 Å². The first-order valence-corrected chi connectivity index (χ1v) is 12.8. The van der Waals surface area contributed by atoms with Crippen molar-refractivity contribution in [1.29, 1.82) is 0 Å². The lowest BCUT2D eigenvalue weighted by molar-refractivity contribution is -0.178. The first-order valence-electron chi connectivity index (χ1n) is 12.0. The van der Waals surface area contributed by atoms with Crippen molar-refractivity contribution in [1.82, 2.24) is 0 Å². The molecule has 0 heterocycles. The molecule has 2 aromatic rings. The van der Waals surface area contributed by atoms with Gasteiger partial charge in [-0.3, -0.25) is 9.59 Å². The summed E-state index contributed by atoms with van der Waals surface area (Å²) >= 11 is 12.2. The summed E-state index contributed by atoms with van der Waals surface area (Å²) in [5, 5.41) is 2.99. The fourth-order valence-corrected chi connectivity index (χ4v) is 4.54. The molecule has 1 aliphatic carbocycles. The average molecular weight is 572 g/mol. The van der Waals surface area contributed by atoms with Gasteiger partial charge in [0.1, 0.15) is 17.1 Å². The van der Waals surface area contributed by atoms with Crippen molar-refractivity contribution < 1.29 is 32.2 Å². The Hall–Kier alpha value is -2.71. The number of hydrogen-bond acceptors (Lipinski definition) is 4. The maximum atomic E-state index is 13.7. The van der Waals surface area contributed by atoms with E-state index in [9.17, 15) is 22.8 Å². The molecule has 3 rings (SSSR count). The van der Waals surface area contributed by atoms with Gasteiger partial charge in [-0.25, -0.2) is 0 Å². The zero-order valence-electron chi connectivity index (χ0n) is 21.5. The minimum atomic E-state index is -4.64. The topological polar surface area (TPSA) is 64.6 Å². The maximum Gasteiger partial charge on any atom is 0.392 e. The third-order valence-corrected chi connectivity index (χ3v) is 6.99. The highest BCUT2D eigenvalue weighted by atomic mass is 35.5. The van der Waals surface area contributed by atoms with Crippen LogP contribution in [0, 0.1) is 11.3 Å². The van der Waals surface area contributed by atoms with E-state index in [1.165, 1.54) is 42.7 Å². The van der Waals surface area contributed by atoms with Crippen LogP contribution in [0.4, 0.5) is 18.9 Å². The number of carbonyl (C=O) groups excluding carboxylic acids is 2. The Morgan fingerprint density at radius 2 is 1.63 bits per heavy atom. The van der Waals surface area contributed by atoms with Crippen molar-refractivity contribution in [3.05, 3.63) is 76.5 Å². The first-order chi connectivity index (χ1) is 17.6. The number of ether oxygens (including phenoxy) is 2. The van der Waals surface area contributed by atoms with E-state index in [0.717, 1.165) is 6.92 Å². The molecular formula is C28H30Cl2F3NO4. The molecule has 1 N–H and O–H groups in total. The van der Waals surface area contributed by atoms with Crippen LogP contribution in [0.25, 0.3) is 0 Å². The summed E-state index contributed by atoms with van der Waals surface area (Å²) in [6, 6.07) is 10.2. The number of rotatable bonds is 9. The van der Waals surface area contributed by atoms with Gasteiger partial charge in [0.25, 0.3) is 0 Å². The van der Waals surface area contributed by atoms with Crippen molar-refractivity contribution in [2.45, 2.75) is 64.3 Å². The Balaban J connectivity index is 1.96. The lowest BCUT2D eigenvalue weighted by Crippen LogP contribution is -2.34. The van der Waals surface area contributed by atoms with Crippen molar-refractivity contribution in [3.63, 3.8) is 0 Å². The number of alkyl halides is 3. The van der Waals surface area contributed by atoms with E-state index >= 15 is 0 Å². The van der Waals surface area contributed by atoms with Crippen LogP contribution in [-0.4, -0.2) is 23.7 Å². The summed E-state index contributed by atoms with van der Waals surface area (Å²) < 4.78 is 52.5. The Bertz CT molecular complexity index is 1190. The molecule has 0 bridgehead atoms. The molecule has 10 heteroatoms. The molecule has 1 amide bonds. The highest BCUT2D eigenvalue weighted by molar-refractivity contribution is 6.33. The summed E-state index contributed by atoms with van der Waals surface area (Å²) in [6.45, 7) is 9.85. The highest BCUT2D eigenvalue weighted by Crippen LogP contribution is 2.58. The predicted molar refractivity (Wildman–Crippen MR) is 141 cm³/mol. The van der Waals surface area contributed by atoms with Crippen molar-refractivity contribution >= 4 is 40.8 Å². The number of halogens is 5. The van der Waals surface area contributed by atoms with Gasteiger partial charge in [0.15, 0.2) is 0 Å². The maximum absolute atomic E-state index is 13.7. The molecule has 1 unspecified atom stereocenters. The normalized spacial score (nSPS) is 17.1. The molecule has 38 heavy (non-hydrogen) atoms. The molecule has 0 spiro atoms. The standard InChI is InChI=1S/C28H30Cl2F3NO4/c1-6-37-23(27(13-14-27)25(36)38-26(3,4)5)18-9-12-20(30)21(15-18)34-24(35)22(16(2)28(31,32)33)17-7-10-19(29)11-8-17/h6-12,15-16,22-23H,1,13-14H2,2-5H3,(H,34,35)/t16-,22+,23?/m1/s1. The number of amides is 1.